The molecule has 2 rings (SSSR count). The van der Waals surface area contributed by atoms with E-state index in [1.165, 1.54) is 0 Å². The number of hydrogen-bond donors (Lipinski definition) is 0. The summed E-state index contributed by atoms with van der Waals surface area (Å²) >= 11 is 0. The van der Waals surface area contributed by atoms with Gasteiger partial charge in [-0.1, -0.05) is 0 Å². The number of ether oxygens (including phenoxy) is 3. The van der Waals surface area contributed by atoms with Crippen molar-refractivity contribution in [3.8, 4) is 0 Å². The first-order chi connectivity index (χ1) is 8.84. The molecule has 2 fully saturated rings. The Morgan fingerprint density at radius 3 is 2.58 bits per heavy atom. The van der Waals surface area contributed by atoms with Crippen molar-refractivity contribution in [1.82, 2.24) is 4.90 Å². The average molecular weight is 269 g/mol. The molecule has 110 valence electrons. The SMILES string of the molecule is B[C@@H]1O[C@]2(COC(C)C)CN(C)C[C@H]1C2OC(C)C. The van der Waals surface area contributed by atoms with Crippen LogP contribution in [-0.2, 0) is 14.2 Å². The van der Waals surface area contributed by atoms with E-state index >= 15 is 0 Å². The quantitative estimate of drug-likeness (QED) is 0.680. The fourth-order valence-electron chi connectivity index (χ4n) is 3.40. The second-order valence-electron chi connectivity index (χ2n) is 6.71. The van der Waals surface area contributed by atoms with Crippen molar-refractivity contribution in [3.63, 3.8) is 0 Å². The summed E-state index contributed by atoms with van der Waals surface area (Å²) in [4.78, 5) is 2.35. The topological polar surface area (TPSA) is 30.9 Å². The highest BCUT2D eigenvalue weighted by Gasteiger charge is 2.58. The smallest absolute Gasteiger partial charge is 0.139 e. The highest BCUT2D eigenvalue weighted by Crippen LogP contribution is 2.42. The van der Waals surface area contributed by atoms with Crippen LogP contribution < -0.4 is 0 Å². The van der Waals surface area contributed by atoms with Crippen LogP contribution in [0.3, 0.4) is 0 Å². The van der Waals surface area contributed by atoms with E-state index in [1.54, 1.807) is 0 Å². The molecule has 0 aromatic carbocycles. The Hall–Kier alpha value is -0.0951. The first-order valence-electron chi connectivity index (χ1n) is 7.47. The third-order valence-corrected chi connectivity index (χ3v) is 4.07. The number of likely N-dealkylation sites (N-methyl/N-ethyl adjacent to an activating group) is 1. The fraction of sp³-hybridized carbons (Fsp3) is 1.00. The predicted octanol–water partition coefficient (Wildman–Crippen LogP) is 0.495. The van der Waals surface area contributed by atoms with E-state index < -0.39 is 0 Å². The molecule has 0 N–H and O–H groups in total. The Kier molecular flexibility index (Phi) is 4.61. The highest BCUT2D eigenvalue weighted by atomic mass is 16.6. The van der Waals surface area contributed by atoms with Crippen LogP contribution in [0.1, 0.15) is 27.7 Å². The van der Waals surface area contributed by atoms with Gasteiger partial charge in [-0.15, -0.1) is 0 Å². The normalized spacial score (nSPS) is 39.4. The molecule has 2 aliphatic heterocycles. The molecule has 5 heteroatoms. The number of piperidine rings is 1. The van der Waals surface area contributed by atoms with Gasteiger partial charge in [0.15, 0.2) is 0 Å². The standard InChI is InChI=1S/C14H28BNO3/c1-9(2)17-8-14-7-16(5)6-11(13(15)19-14)12(14)18-10(3)4/h9-13H,6-8,15H2,1-5H3/t11-,12?,13+,14-/m0/s1. The molecule has 2 bridgehead atoms. The first-order valence-corrected chi connectivity index (χ1v) is 7.47. The number of likely N-dealkylation sites (tertiary alicyclic amines) is 1. The summed E-state index contributed by atoms with van der Waals surface area (Å²) < 4.78 is 18.4. The Labute approximate surface area is 118 Å². The van der Waals surface area contributed by atoms with E-state index in [0.29, 0.717) is 12.5 Å². The van der Waals surface area contributed by atoms with Gasteiger partial charge in [-0.2, -0.15) is 0 Å². The molecule has 2 saturated heterocycles. The molecular formula is C14H28BNO3. The van der Waals surface area contributed by atoms with Gasteiger partial charge < -0.3 is 19.1 Å². The molecule has 0 aromatic heterocycles. The molecule has 0 saturated carbocycles. The van der Waals surface area contributed by atoms with Gasteiger partial charge in [-0.3, -0.25) is 0 Å². The molecular weight excluding hydrogens is 241 g/mol. The van der Waals surface area contributed by atoms with E-state index in [4.69, 9.17) is 14.2 Å². The first kappa shape index (κ1) is 15.3. The van der Waals surface area contributed by atoms with Crippen molar-refractivity contribution in [2.75, 3.05) is 26.7 Å². The maximum absolute atomic E-state index is 6.32. The van der Waals surface area contributed by atoms with Crippen molar-refractivity contribution in [1.29, 1.82) is 0 Å². The molecule has 2 heterocycles. The van der Waals surface area contributed by atoms with Crippen molar-refractivity contribution in [2.45, 2.75) is 57.6 Å². The third kappa shape index (κ3) is 3.15. The second-order valence-corrected chi connectivity index (χ2v) is 6.71. The average Bonchev–Trinajstić information content (AvgIpc) is 2.44. The lowest BCUT2D eigenvalue weighted by molar-refractivity contribution is -0.169. The van der Waals surface area contributed by atoms with Crippen molar-refractivity contribution >= 4 is 7.85 Å². The molecule has 0 radical (unpaired) electrons. The van der Waals surface area contributed by atoms with E-state index in [-0.39, 0.29) is 29.9 Å². The Morgan fingerprint density at radius 1 is 1.32 bits per heavy atom. The van der Waals surface area contributed by atoms with Crippen LogP contribution >= 0.6 is 0 Å². The van der Waals surface area contributed by atoms with E-state index in [0.717, 1.165) is 13.1 Å². The van der Waals surface area contributed by atoms with Gasteiger partial charge in [-0.25, -0.2) is 0 Å². The minimum absolute atomic E-state index is 0.150. The molecule has 0 spiro atoms. The van der Waals surface area contributed by atoms with E-state index in [1.807, 2.05) is 0 Å². The van der Waals surface area contributed by atoms with Gasteiger partial charge in [0.2, 0.25) is 0 Å². The van der Waals surface area contributed by atoms with Gasteiger partial charge in [-0.05, 0) is 34.7 Å². The molecule has 1 unspecified atom stereocenters. The Bertz CT molecular complexity index is 309. The number of hydrogen-bond acceptors (Lipinski definition) is 4. The Morgan fingerprint density at radius 2 is 2.00 bits per heavy atom. The summed E-state index contributed by atoms with van der Waals surface area (Å²) in [7, 11) is 4.32. The monoisotopic (exact) mass is 269 g/mol. The maximum atomic E-state index is 6.32. The minimum atomic E-state index is -0.300. The van der Waals surface area contributed by atoms with Crippen LogP contribution in [0.5, 0.6) is 0 Å². The zero-order chi connectivity index (χ0) is 14.2. The highest BCUT2D eigenvalue weighted by molar-refractivity contribution is 6.11. The van der Waals surface area contributed by atoms with Gasteiger partial charge in [0.05, 0.1) is 24.9 Å². The van der Waals surface area contributed by atoms with Crippen LogP contribution in [0.25, 0.3) is 0 Å². The number of rotatable bonds is 5. The largest absolute Gasteiger partial charge is 0.376 e. The van der Waals surface area contributed by atoms with E-state index in [9.17, 15) is 0 Å². The summed E-state index contributed by atoms with van der Waals surface area (Å²) in [6.07, 6.45) is 0.597. The summed E-state index contributed by atoms with van der Waals surface area (Å²) in [5, 5.41) is 0. The van der Waals surface area contributed by atoms with Crippen LogP contribution in [0.2, 0.25) is 0 Å². The summed E-state index contributed by atoms with van der Waals surface area (Å²) in [6, 6.07) is 0.240. The van der Waals surface area contributed by atoms with Crippen LogP contribution in [0, 0.1) is 5.92 Å². The molecule has 0 amide bonds. The van der Waals surface area contributed by atoms with Crippen LogP contribution in [0.4, 0.5) is 0 Å². The van der Waals surface area contributed by atoms with Crippen molar-refractivity contribution in [3.05, 3.63) is 0 Å². The Balaban J connectivity index is 2.18. The van der Waals surface area contributed by atoms with Crippen LogP contribution in [-0.4, -0.2) is 69.4 Å². The third-order valence-electron chi connectivity index (χ3n) is 4.07. The zero-order valence-corrected chi connectivity index (χ0v) is 13.2. The lowest BCUT2D eigenvalue weighted by Crippen LogP contribution is -2.60. The van der Waals surface area contributed by atoms with Gasteiger partial charge in [0.1, 0.15) is 13.4 Å². The number of fused-ring (bicyclic) bond motifs is 2. The molecule has 4 nitrogen and oxygen atoms in total. The van der Waals surface area contributed by atoms with Crippen molar-refractivity contribution in [2.24, 2.45) is 5.92 Å². The predicted molar refractivity (Wildman–Crippen MR) is 78.2 cm³/mol. The van der Waals surface area contributed by atoms with Gasteiger partial charge >= 0.3 is 0 Å². The number of nitrogens with zero attached hydrogens (tertiary/aromatic N) is 1. The maximum Gasteiger partial charge on any atom is 0.139 e. The minimum Gasteiger partial charge on any atom is -0.376 e. The molecule has 0 aromatic rings. The fourth-order valence-corrected chi connectivity index (χ4v) is 3.40. The molecule has 19 heavy (non-hydrogen) atoms. The molecule has 4 atom stereocenters. The lowest BCUT2D eigenvalue weighted by Gasteiger charge is -2.43. The lowest BCUT2D eigenvalue weighted by atomic mass is 9.78. The summed E-state index contributed by atoms with van der Waals surface area (Å²) in [6.45, 7) is 10.9. The molecule has 2 aliphatic rings. The van der Waals surface area contributed by atoms with Gasteiger partial charge in [0.25, 0.3) is 0 Å². The zero-order valence-electron chi connectivity index (χ0n) is 13.2. The summed E-state index contributed by atoms with van der Waals surface area (Å²) in [5.41, 5.74) is -0.300. The second kappa shape index (κ2) is 5.72. The molecule has 0 aliphatic carbocycles. The van der Waals surface area contributed by atoms with Crippen molar-refractivity contribution < 1.29 is 14.2 Å². The van der Waals surface area contributed by atoms with Gasteiger partial charge in [0, 0.05) is 25.0 Å². The van der Waals surface area contributed by atoms with Crippen LogP contribution in [0.15, 0.2) is 0 Å². The van der Waals surface area contributed by atoms with E-state index in [2.05, 4.69) is 47.5 Å². The summed E-state index contributed by atoms with van der Waals surface area (Å²) in [5.74, 6) is 0.442.